The van der Waals surface area contributed by atoms with Crippen LogP contribution in [0.3, 0.4) is 0 Å². The second kappa shape index (κ2) is 10.2. The number of carbonyl (C=O) groups is 2. The molecule has 3 N–H and O–H groups in total. The van der Waals surface area contributed by atoms with Crippen LogP contribution in [0.5, 0.6) is 0 Å². The van der Waals surface area contributed by atoms with Crippen LogP contribution in [0.2, 0.25) is 0 Å². The normalized spacial score (nSPS) is 9.86. The van der Waals surface area contributed by atoms with Gasteiger partial charge >= 0.3 is 0 Å². The molecule has 1 amide bonds. The van der Waals surface area contributed by atoms with E-state index in [2.05, 4.69) is 5.32 Å². The first-order valence-corrected chi connectivity index (χ1v) is 6.49. The van der Waals surface area contributed by atoms with Crippen molar-refractivity contribution in [3.63, 3.8) is 0 Å². The van der Waals surface area contributed by atoms with Crippen LogP contribution in [0.25, 0.3) is 0 Å². The summed E-state index contributed by atoms with van der Waals surface area (Å²) in [5.41, 5.74) is 5.12. The molecule has 118 valence electrons. The Bertz CT molecular complexity index is 484. The summed E-state index contributed by atoms with van der Waals surface area (Å²) in [4.78, 5) is 23.1. The molecule has 0 saturated heterocycles. The summed E-state index contributed by atoms with van der Waals surface area (Å²) < 4.78 is 26.0. The Labute approximate surface area is 128 Å². The first kappa shape index (κ1) is 19.5. The number of Topliss-reactive ketones (excluding diaryl/α,β-unsaturated/α-hetero) is 1. The largest absolute Gasteiger partial charge is 0.356 e. The molecule has 0 aliphatic rings. The molecule has 0 aliphatic heterocycles. The molecule has 7 heteroatoms. The lowest BCUT2D eigenvalue weighted by molar-refractivity contribution is -0.121. The van der Waals surface area contributed by atoms with Crippen molar-refractivity contribution < 1.29 is 18.4 Å². The summed E-state index contributed by atoms with van der Waals surface area (Å²) in [5.74, 6) is -2.42. The molecule has 0 saturated carbocycles. The fraction of sp³-hybridized carbons (Fsp3) is 0.429. The zero-order chi connectivity index (χ0) is 15.0. The molecular weight excluding hydrogens is 302 g/mol. The Morgan fingerprint density at radius 3 is 2.48 bits per heavy atom. The van der Waals surface area contributed by atoms with Gasteiger partial charge in [0.2, 0.25) is 5.91 Å². The van der Waals surface area contributed by atoms with E-state index >= 15 is 0 Å². The quantitative estimate of drug-likeness (QED) is 0.570. The molecule has 0 radical (unpaired) electrons. The van der Waals surface area contributed by atoms with Gasteiger partial charge in [-0.3, -0.25) is 9.59 Å². The van der Waals surface area contributed by atoms with Gasteiger partial charge < -0.3 is 11.1 Å². The Hall–Kier alpha value is -1.53. The van der Waals surface area contributed by atoms with E-state index in [1.807, 2.05) is 0 Å². The zero-order valence-electron chi connectivity index (χ0n) is 11.5. The number of carbonyl (C=O) groups excluding carboxylic acids is 2. The van der Waals surface area contributed by atoms with Crippen molar-refractivity contribution in [1.29, 1.82) is 0 Å². The molecule has 0 fully saturated rings. The lowest BCUT2D eigenvalue weighted by atomic mass is 10.1. The van der Waals surface area contributed by atoms with E-state index in [9.17, 15) is 18.4 Å². The van der Waals surface area contributed by atoms with Crippen LogP contribution in [-0.2, 0) is 4.79 Å². The van der Waals surface area contributed by atoms with Crippen molar-refractivity contribution in [3.8, 4) is 0 Å². The van der Waals surface area contributed by atoms with Gasteiger partial charge in [0.25, 0.3) is 0 Å². The van der Waals surface area contributed by atoms with Crippen LogP contribution in [0, 0.1) is 11.6 Å². The van der Waals surface area contributed by atoms with E-state index < -0.39 is 17.4 Å². The summed E-state index contributed by atoms with van der Waals surface area (Å²) >= 11 is 0. The number of hydrogen-bond acceptors (Lipinski definition) is 3. The molecule has 1 aromatic rings. The van der Waals surface area contributed by atoms with Crippen molar-refractivity contribution in [3.05, 3.63) is 35.4 Å². The lowest BCUT2D eigenvalue weighted by Crippen LogP contribution is -2.25. The highest BCUT2D eigenvalue weighted by molar-refractivity contribution is 5.98. The zero-order valence-corrected chi connectivity index (χ0v) is 12.3. The number of hydrogen-bond donors (Lipinski definition) is 2. The predicted octanol–water partition coefficient (Wildman–Crippen LogP) is 2.20. The highest BCUT2D eigenvalue weighted by Crippen LogP contribution is 2.12. The predicted molar refractivity (Wildman–Crippen MR) is 78.5 cm³/mol. The first-order chi connectivity index (χ1) is 9.54. The molecule has 0 aromatic heterocycles. The minimum atomic E-state index is -0.904. The Morgan fingerprint density at radius 1 is 1.14 bits per heavy atom. The maximum absolute atomic E-state index is 13.3. The van der Waals surface area contributed by atoms with Crippen LogP contribution in [0.15, 0.2) is 18.2 Å². The van der Waals surface area contributed by atoms with Crippen LogP contribution < -0.4 is 11.1 Å². The molecule has 21 heavy (non-hydrogen) atoms. The number of ketones is 1. The minimum Gasteiger partial charge on any atom is -0.356 e. The minimum absolute atomic E-state index is 0. The smallest absolute Gasteiger partial charge is 0.220 e. The van der Waals surface area contributed by atoms with E-state index in [1.54, 1.807) is 0 Å². The van der Waals surface area contributed by atoms with Gasteiger partial charge in [-0.05, 0) is 31.5 Å². The second-order valence-corrected chi connectivity index (χ2v) is 4.39. The van der Waals surface area contributed by atoms with Crippen molar-refractivity contribution >= 4 is 24.1 Å². The average molecular weight is 321 g/mol. The highest BCUT2D eigenvalue weighted by atomic mass is 35.5. The standard InChI is InChI=1S/C14H18F2N2O2.ClH/c15-10-3-4-11(12(16)9-10)13(19)5-6-14(20)18-8-2-1-7-17;/h3-4,9H,1-2,5-8,17H2,(H,18,20);1H. The van der Waals surface area contributed by atoms with Crippen molar-refractivity contribution in [2.75, 3.05) is 13.1 Å². The van der Waals surface area contributed by atoms with Crippen molar-refractivity contribution in [2.45, 2.75) is 25.7 Å². The summed E-state index contributed by atoms with van der Waals surface area (Å²) in [6, 6.07) is 2.76. The van der Waals surface area contributed by atoms with Crippen molar-refractivity contribution in [2.24, 2.45) is 5.73 Å². The molecule has 0 heterocycles. The molecule has 0 atom stereocenters. The van der Waals surface area contributed by atoms with Gasteiger partial charge in [-0.15, -0.1) is 12.4 Å². The summed E-state index contributed by atoms with van der Waals surface area (Å²) in [5, 5.41) is 2.65. The number of rotatable bonds is 8. The molecule has 1 rings (SSSR count). The van der Waals surface area contributed by atoms with Gasteiger partial charge in [0, 0.05) is 25.5 Å². The number of amides is 1. The van der Waals surface area contributed by atoms with E-state index in [1.165, 1.54) is 0 Å². The van der Waals surface area contributed by atoms with Gasteiger partial charge in [-0.2, -0.15) is 0 Å². The van der Waals surface area contributed by atoms with E-state index in [0.717, 1.165) is 25.0 Å². The fourth-order valence-corrected chi connectivity index (χ4v) is 1.66. The topological polar surface area (TPSA) is 72.2 Å². The first-order valence-electron chi connectivity index (χ1n) is 6.49. The van der Waals surface area contributed by atoms with Gasteiger partial charge in [-0.1, -0.05) is 0 Å². The average Bonchev–Trinajstić information content (AvgIpc) is 2.41. The third-order valence-corrected chi connectivity index (χ3v) is 2.76. The molecule has 1 aromatic carbocycles. The van der Waals surface area contributed by atoms with Crippen LogP contribution >= 0.6 is 12.4 Å². The maximum atomic E-state index is 13.3. The van der Waals surface area contributed by atoms with Gasteiger partial charge in [0.05, 0.1) is 5.56 Å². The van der Waals surface area contributed by atoms with E-state index in [-0.39, 0.29) is 36.7 Å². The second-order valence-electron chi connectivity index (χ2n) is 4.39. The number of nitrogens with one attached hydrogen (secondary N) is 1. The highest BCUT2D eigenvalue weighted by Gasteiger charge is 2.13. The van der Waals surface area contributed by atoms with E-state index in [4.69, 9.17) is 5.73 Å². The van der Waals surface area contributed by atoms with Crippen LogP contribution in [0.4, 0.5) is 8.78 Å². The fourth-order valence-electron chi connectivity index (χ4n) is 1.66. The summed E-state index contributed by atoms with van der Waals surface area (Å²) in [6.45, 7) is 1.08. The Balaban J connectivity index is 0.00000400. The van der Waals surface area contributed by atoms with Crippen LogP contribution in [0.1, 0.15) is 36.0 Å². The van der Waals surface area contributed by atoms with Gasteiger partial charge in [0.1, 0.15) is 11.6 Å². The molecule has 4 nitrogen and oxygen atoms in total. The maximum Gasteiger partial charge on any atom is 0.220 e. The third-order valence-electron chi connectivity index (χ3n) is 2.76. The SMILES string of the molecule is Cl.NCCCCNC(=O)CCC(=O)c1ccc(F)cc1F. The number of benzene rings is 1. The van der Waals surface area contributed by atoms with Crippen LogP contribution in [-0.4, -0.2) is 24.8 Å². The monoisotopic (exact) mass is 320 g/mol. The van der Waals surface area contributed by atoms with Gasteiger partial charge in [-0.25, -0.2) is 8.78 Å². The summed E-state index contributed by atoms with van der Waals surface area (Å²) in [7, 11) is 0. The molecule has 0 bridgehead atoms. The van der Waals surface area contributed by atoms with E-state index in [0.29, 0.717) is 19.2 Å². The Kier molecular flexibility index (Phi) is 9.49. The van der Waals surface area contributed by atoms with Crippen molar-refractivity contribution in [1.82, 2.24) is 5.32 Å². The Morgan fingerprint density at radius 2 is 1.86 bits per heavy atom. The molecular formula is C14H19ClF2N2O2. The summed E-state index contributed by atoms with van der Waals surface area (Å²) in [6.07, 6.45) is 1.48. The number of unbranched alkanes of at least 4 members (excludes halogenated alkanes) is 1. The molecule has 0 unspecified atom stereocenters. The third kappa shape index (κ3) is 7.15. The number of nitrogens with two attached hydrogens (primary N) is 1. The number of halogens is 3. The molecule has 0 spiro atoms. The molecule has 0 aliphatic carbocycles. The lowest BCUT2D eigenvalue weighted by Gasteiger charge is -2.05. The van der Waals surface area contributed by atoms with Gasteiger partial charge in [0.15, 0.2) is 5.78 Å².